The Kier molecular flexibility index (Phi) is 5.13. The molecule has 2 aromatic rings. The quantitative estimate of drug-likeness (QED) is 0.529. The van der Waals surface area contributed by atoms with E-state index in [1.807, 2.05) is 25.1 Å². The molecular formula is C30H36ClFN2O3. The molecule has 9 atom stereocenters. The van der Waals surface area contributed by atoms with Crippen molar-refractivity contribution in [2.75, 3.05) is 14.1 Å². The third kappa shape index (κ3) is 3.02. The van der Waals surface area contributed by atoms with Gasteiger partial charge in [-0.3, -0.25) is 0 Å². The second kappa shape index (κ2) is 7.76. The molecule has 5 nitrogen and oxygen atoms in total. The van der Waals surface area contributed by atoms with Crippen molar-refractivity contribution >= 4 is 27.9 Å². The Hall–Kier alpha value is -1.57. The molecule has 3 unspecified atom stereocenters. The minimum absolute atomic E-state index is 0.0240. The second-order valence-corrected chi connectivity index (χ2v) is 13.3. The lowest BCUT2D eigenvalue weighted by atomic mass is 9.51. The van der Waals surface area contributed by atoms with Gasteiger partial charge in [-0.25, -0.2) is 9.37 Å². The molecule has 0 radical (unpaired) electrons. The number of halogens is 2. The van der Waals surface area contributed by atoms with Crippen LogP contribution in [0.25, 0.3) is 16.3 Å². The van der Waals surface area contributed by atoms with Gasteiger partial charge in [0.25, 0.3) is 0 Å². The van der Waals surface area contributed by atoms with Crippen molar-refractivity contribution in [3.05, 3.63) is 47.3 Å². The van der Waals surface area contributed by atoms with Crippen molar-refractivity contribution in [1.29, 1.82) is 0 Å². The number of hydrogen-bond acceptors (Lipinski definition) is 5. The zero-order chi connectivity index (χ0) is 26.0. The summed E-state index contributed by atoms with van der Waals surface area (Å²) >= 11 is 6.45. The molecule has 1 aromatic heterocycles. The van der Waals surface area contributed by atoms with Crippen LogP contribution in [0.2, 0.25) is 5.15 Å². The van der Waals surface area contributed by atoms with E-state index < -0.39 is 29.1 Å². The van der Waals surface area contributed by atoms with Crippen LogP contribution in [0.4, 0.5) is 4.39 Å². The molecule has 7 heteroatoms. The molecule has 1 aromatic carbocycles. The Balaban J connectivity index is 1.27. The van der Waals surface area contributed by atoms with Gasteiger partial charge in [0.1, 0.15) is 16.4 Å². The predicted molar refractivity (Wildman–Crippen MR) is 142 cm³/mol. The number of aliphatic hydroxyl groups excluding tert-OH is 2. The minimum atomic E-state index is -1.51. The Morgan fingerprint density at radius 1 is 1.08 bits per heavy atom. The summed E-state index contributed by atoms with van der Waals surface area (Å²) < 4.78 is 24.3. The smallest absolute Gasteiger partial charge is 0.140 e. The molecule has 3 aliphatic carbocycles. The highest BCUT2D eigenvalue weighted by atomic mass is 35.5. The number of allylic oxidation sites excluding steroid dienone is 2. The zero-order valence-electron chi connectivity index (χ0n) is 21.8. The molecule has 2 saturated heterocycles. The van der Waals surface area contributed by atoms with Gasteiger partial charge >= 0.3 is 0 Å². The van der Waals surface area contributed by atoms with E-state index >= 15 is 4.39 Å². The van der Waals surface area contributed by atoms with Gasteiger partial charge in [-0.15, -0.1) is 0 Å². The number of ether oxygens (including phenoxy) is 1. The van der Waals surface area contributed by atoms with Crippen LogP contribution in [0.5, 0.6) is 0 Å². The molecule has 2 spiro atoms. The first-order valence-electron chi connectivity index (χ1n) is 13.7. The molecule has 3 heterocycles. The van der Waals surface area contributed by atoms with Gasteiger partial charge in [-0.05, 0) is 93.1 Å². The van der Waals surface area contributed by atoms with Crippen LogP contribution in [-0.4, -0.2) is 69.3 Å². The number of hydrogen-bond donors (Lipinski definition) is 2. The molecule has 0 amide bonds. The lowest BCUT2D eigenvalue weighted by molar-refractivity contribution is -0.314. The largest absolute Gasteiger partial charge is 0.390 e. The van der Waals surface area contributed by atoms with Crippen LogP contribution in [0.15, 0.2) is 36.5 Å². The number of rotatable bonds is 2. The normalized spacial score (nSPS) is 46.5. The van der Waals surface area contributed by atoms with E-state index in [0.717, 1.165) is 35.6 Å². The van der Waals surface area contributed by atoms with Crippen LogP contribution in [0.1, 0.15) is 57.4 Å². The summed E-state index contributed by atoms with van der Waals surface area (Å²) in [5.41, 5.74) is -0.805. The molecule has 2 N–H and O–H groups in total. The number of alkyl halides is 1. The Bertz CT molecular complexity index is 1320. The van der Waals surface area contributed by atoms with Crippen molar-refractivity contribution in [3.63, 3.8) is 0 Å². The molecule has 2 aliphatic heterocycles. The van der Waals surface area contributed by atoms with Crippen molar-refractivity contribution in [2.45, 2.75) is 87.0 Å². The Morgan fingerprint density at radius 2 is 1.89 bits per heavy atom. The molecule has 37 heavy (non-hydrogen) atoms. The molecular weight excluding hydrogens is 491 g/mol. The molecule has 2 bridgehead atoms. The summed E-state index contributed by atoms with van der Waals surface area (Å²) in [7, 11) is 3.86. The highest BCUT2D eigenvalue weighted by Crippen LogP contribution is 2.72. The first-order valence-corrected chi connectivity index (χ1v) is 14.1. The Morgan fingerprint density at radius 3 is 2.68 bits per heavy atom. The third-order valence-electron chi connectivity index (χ3n) is 11.2. The third-order valence-corrected chi connectivity index (χ3v) is 11.5. The van der Waals surface area contributed by atoms with Crippen LogP contribution < -0.4 is 0 Å². The topological polar surface area (TPSA) is 65.8 Å². The molecule has 2 saturated carbocycles. The average Bonchev–Trinajstić information content (AvgIpc) is 3.40. The van der Waals surface area contributed by atoms with Crippen molar-refractivity contribution in [3.8, 4) is 0 Å². The molecule has 4 fully saturated rings. The van der Waals surface area contributed by atoms with Crippen molar-refractivity contribution < 1.29 is 19.3 Å². The van der Waals surface area contributed by atoms with Crippen LogP contribution in [-0.2, 0) is 4.74 Å². The van der Waals surface area contributed by atoms with Gasteiger partial charge in [0.2, 0.25) is 0 Å². The van der Waals surface area contributed by atoms with E-state index in [0.29, 0.717) is 24.4 Å². The fourth-order valence-electron chi connectivity index (χ4n) is 9.31. The van der Waals surface area contributed by atoms with Crippen LogP contribution in [0, 0.1) is 17.3 Å². The van der Waals surface area contributed by atoms with Gasteiger partial charge in [0.15, 0.2) is 0 Å². The maximum atomic E-state index is 17.2. The SMILES string of the molecule is CN(C)[C@H]1C[C@@]23CC[C@]4(O2)C2CC=C(c5ccc6ccnc(Cl)c6c5)[C@@]2(C)CCC4(F)CC3[C@@H](O)[C@@H]1O. The summed E-state index contributed by atoms with van der Waals surface area (Å²) in [6.07, 6.45) is 6.35. The number of aliphatic hydroxyl groups is 2. The summed E-state index contributed by atoms with van der Waals surface area (Å²) in [6.45, 7) is 2.29. The minimum Gasteiger partial charge on any atom is -0.390 e. The summed E-state index contributed by atoms with van der Waals surface area (Å²) in [4.78, 5) is 6.25. The zero-order valence-corrected chi connectivity index (χ0v) is 22.5. The number of likely N-dealkylation sites (N-methyl/N-ethyl adjacent to an activating group) is 1. The number of pyridine rings is 1. The fourth-order valence-corrected chi connectivity index (χ4v) is 9.53. The fraction of sp³-hybridized carbons (Fsp3) is 0.633. The summed E-state index contributed by atoms with van der Waals surface area (Å²) in [5, 5.41) is 24.6. The Labute approximate surface area is 222 Å². The predicted octanol–water partition coefficient (Wildman–Crippen LogP) is 5.16. The van der Waals surface area contributed by atoms with Crippen LogP contribution in [0.3, 0.4) is 0 Å². The monoisotopic (exact) mass is 526 g/mol. The average molecular weight is 527 g/mol. The van der Waals surface area contributed by atoms with E-state index in [2.05, 4.69) is 36.2 Å². The summed E-state index contributed by atoms with van der Waals surface area (Å²) in [5.74, 6) is -0.358. The van der Waals surface area contributed by atoms with Gasteiger partial charge in [-0.2, -0.15) is 0 Å². The standard InChI is InChI=1S/C30H36ClFN2O3/c1-27-9-11-29(32)15-21-24(35)25(36)22(34(2)3)16-28(21)10-12-30(29,37-28)23(27)7-6-20(27)18-5-4-17-8-13-33-26(31)19(17)14-18/h4-6,8,13-14,21-25,35-36H,7,9-12,15-16H2,1-3H3/t21?,22-,23?,24+,25+,27+,28+,29?,30-/m0/s1. The number of benzene rings is 1. The lowest BCUT2D eigenvalue weighted by Gasteiger charge is -2.64. The van der Waals surface area contributed by atoms with Gasteiger partial charge in [0, 0.05) is 29.5 Å². The number of fused-ring (bicyclic) bond motifs is 2. The van der Waals surface area contributed by atoms with Gasteiger partial charge < -0.3 is 19.8 Å². The highest BCUT2D eigenvalue weighted by molar-refractivity contribution is 6.34. The molecule has 5 aliphatic rings. The molecule has 198 valence electrons. The highest BCUT2D eigenvalue weighted by Gasteiger charge is 2.77. The van der Waals surface area contributed by atoms with Gasteiger partial charge in [-0.1, -0.05) is 36.7 Å². The first-order chi connectivity index (χ1) is 17.5. The first kappa shape index (κ1) is 24.5. The van der Waals surface area contributed by atoms with Gasteiger partial charge in [0.05, 0.1) is 17.8 Å². The maximum absolute atomic E-state index is 17.2. The van der Waals surface area contributed by atoms with E-state index in [9.17, 15) is 10.2 Å². The maximum Gasteiger partial charge on any atom is 0.140 e. The number of aromatic nitrogens is 1. The second-order valence-electron chi connectivity index (χ2n) is 12.9. The van der Waals surface area contributed by atoms with E-state index in [-0.39, 0.29) is 29.7 Å². The van der Waals surface area contributed by atoms with Crippen LogP contribution >= 0.6 is 11.6 Å². The van der Waals surface area contributed by atoms with E-state index in [1.54, 1.807) is 6.20 Å². The summed E-state index contributed by atoms with van der Waals surface area (Å²) in [6, 6.07) is 8.14. The molecule has 7 rings (SSSR count). The van der Waals surface area contributed by atoms with Crippen molar-refractivity contribution in [2.24, 2.45) is 17.3 Å². The number of nitrogens with zero attached hydrogens (tertiary/aromatic N) is 2. The van der Waals surface area contributed by atoms with E-state index in [1.165, 1.54) is 5.57 Å². The van der Waals surface area contributed by atoms with Crippen molar-refractivity contribution in [1.82, 2.24) is 9.88 Å². The lowest BCUT2D eigenvalue weighted by Crippen LogP contribution is -2.72. The van der Waals surface area contributed by atoms with E-state index in [4.69, 9.17) is 16.3 Å².